The minimum atomic E-state index is -0.132. The first kappa shape index (κ1) is 22.4. The summed E-state index contributed by atoms with van der Waals surface area (Å²) in [6.45, 7) is 4.90. The Bertz CT molecular complexity index is 1060. The Morgan fingerprint density at radius 2 is 1.77 bits per heavy atom. The molecule has 31 heavy (non-hydrogen) atoms. The molecule has 3 aromatic rings. The van der Waals surface area contributed by atoms with Crippen molar-refractivity contribution in [3.8, 4) is 0 Å². The maximum atomic E-state index is 12.8. The number of halogens is 1. The summed E-state index contributed by atoms with van der Waals surface area (Å²) in [6.07, 6.45) is 0. The molecule has 5 nitrogen and oxygen atoms in total. The lowest BCUT2D eigenvalue weighted by Crippen LogP contribution is -2.33. The number of anilines is 2. The van der Waals surface area contributed by atoms with Crippen molar-refractivity contribution >= 4 is 34.7 Å². The molecule has 0 atom stereocenters. The van der Waals surface area contributed by atoms with E-state index in [1.807, 2.05) is 71.6 Å². The summed E-state index contributed by atoms with van der Waals surface area (Å²) in [6, 6.07) is 22.8. The molecule has 0 heterocycles. The molecule has 0 unspecified atom stereocenters. The van der Waals surface area contributed by atoms with E-state index in [2.05, 4.69) is 19.2 Å². The van der Waals surface area contributed by atoms with Crippen LogP contribution in [0.4, 0.5) is 11.4 Å². The van der Waals surface area contributed by atoms with Gasteiger partial charge in [0.2, 0.25) is 5.91 Å². The molecule has 0 saturated heterocycles. The molecule has 4 N–H and O–H groups in total. The van der Waals surface area contributed by atoms with E-state index in [0.29, 0.717) is 23.0 Å². The number of nitrogen functional groups attached to an aromatic ring is 1. The fourth-order valence-electron chi connectivity index (χ4n) is 3.29. The minimum Gasteiger partial charge on any atom is -0.384 e. The van der Waals surface area contributed by atoms with Gasteiger partial charge in [-0.05, 0) is 53.4 Å². The Morgan fingerprint density at radius 1 is 1.06 bits per heavy atom. The van der Waals surface area contributed by atoms with Crippen LogP contribution in [0.2, 0.25) is 5.02 Å². The van der Waals surface area contributed by atoms with Crippen LogP contribution in [0.5, 0.6) is 0 Å². The molecule has 0 saturated carbocycles. The lowest BCUT2D eigenvalue weighted by atomic mass is 10.0. The highest BCUT2D eigenvalue weighted by Crippen LogP contribution is 2.21. The van der Waals surface area contributed by atoms with Crippen molar-refractivity contribution in [1.82, 2.24) is 0 Å². The zero-order valence-corrected chi connectivity index (χ0v) is 18.5. The van der Waals surface area contributed by atoms with Crippen LogP contribution in [0.1, 0.15) is 36.5 Å². The lowest BCUT2D eigenvalue weighted by Gasteiger charge is -2.25. The molecule has 0 aromatic heterocycles. The van der Waals surface area contributed by atoms with Crippen molar-refractivity contribution in [3.63, 3.8) is 0 Å². The second kappa shape index (κ2) is 10.1. The minimum absolute atomic E-state index is 0.0146. The van der Waals surface area contributed by atoms with Crippen molar-refractivity contribution in [2.24, 2.45) is 5.73 Å². The van der Waals surface area contributed by atoms with Gasteiger partial charge in [0.1, 0.15) is 5.84 Å². The molecule has 0 aliphatic carbocycles. The summed E-state index contributed by atoms with van der Waals surface area (Å²) < 4.78 is 0. The molecular formula is C25H27ClN4O. The number of nitrogens with one attached hydrogen (secondary N) is 2. The average Bonchev–Trinajstić information content (AvgIpc) is 2.74. The number of rotatable bonds is 8. The molecule has 0 aliphatic rings. The maximum Gasteiger partial charge on any atom is 0.243 e. The number of hydrogen-bond acceptors (Lipinski definition) is 3. The van der Waals surface area contributed by atoms with Crippen molar-refractivity contribution in [3.05, 3.63) is 94.5 Å². The maximum absolute atomic E-state index is 12.8. The van der Waals surface area contributed by atoms with Crippen LogP contribution < -0.4 is 16.0 Å². The fourth-order valence-corrected chi connectivity index (χ4v) is 3.50. The van der Waals surface area contributed by atoms with Gasteiger partial charge >= 0.3 is 0 Å². The number of amidine groups is 1. The van der Waals surface area contributed by atoms with Crippen LogP contribution in [0, 0.1) is 5.41 Å². The first-order valence-corrected chi connectivity index (χ1v) is 10.5. The zero-order valence-electron chi connectivity index (χ0n) is 17.7. The zero-order chi connectivity index (χ0) is 22.4. The number of carbonyl (C=O) groups excluding carboxylic acids is 1. The second-order valence-electron chi connectivity index (χ2n) is 7.77. The third kappa shape index (κ3) is 6.33. The molecule has 6 heteroatoms. The highest BCUT2D eigenvalue weighted by Gasteiger charge is 2.14. The Labute approximate surface area is 188 Å². The van der Waals surface area contributed by atoms with E-state index in [9.17, 15) is 4.79 Å². The Hall–Kier alpha value is -3.31. The van der Waals surface area contributed by atoms with Gasteiger partial charge in [-0.15, -0.1) is 0 Å². The summed E-state index contributed by atoms with van der Waals surface area (Å²) >= 11 is 6.15. The van der Waals surface area contributed by atoms with Crippen molar-refractivity contribution in [2.75, 3.05) is 16.8 Å². The van der Waals surface area contributed by atoms with Gasteiger partial charge in [0.15, 0.2) is 0 Å². The van der Waals surface area contributed by atoms with E-state index in [1.165, 1.54) is 5.56 Å². The van der Waals surface area contributed by atoms with Crippen LogP contribution in [0.3, 0.4) is 0 Å². The summed E-state index contributed by atoms with van der Waals surface area (Å²) in [5, 5.41) is 11.3. The van der Waals surface area contributed by atoms with E-state index in [4.69, 9.17) is 22.7 Å². The molecule has 0 fully saturated rings. The van der Waals surface area contributed by atoms with E-state index in [1.54, 1.807) is 6.07 Å². The molecule has 3 rings (SSSR count). The normalized spacial score (nSPS) is 10.7. The van der Waals surface area contributed by atoms with Crippen LogP contribution in [0.25, 0.3) is 0 Å². The van der Waals surface area contributed by atoms with Gasteiger partial charge in [-0.1, -0.05) is 61.8 Å². The third-order valence-corrected chi connectivity index (χ3v) is 5.22. The third-order valence-electron chi connectivity index (χ3n) is 4.98. The monoisotopic (exact) mass is 434 g/mol. The van der Waals surface area contributed by atoms with Crippen LogP contribution in [-0.2, 0) is 11.3 Å². The number of hydrogen-bond donors (Lipinski definition) is 3. The summed E-state index contributed by atoms with van der Waals surface area (Å²) in [7, 11) is 0. The highest BCUT2D eigenvalue weighted by molar-refractivity contribution is 6.30. The van der Waals surface area contributed by atoms with Crippen LogP contribution >= 0.6 is 11.6 Å². The van der Waals surface area contributed by atoms with Gasteiger partial charge in [-0.3, -0.25) is 10.2 Å². The van der Waals surface area contributed by atoms with E-state index >= 15 is 0 Å². The molecule has 0 bridgehead atoms. The van der Waals surface area contributed by atoms with Gasteiger partial charge in [0.05, 0.1) is 6.54 Å². The molecule has 0 aliphatic heterocycles. The first-order chi connectivity index (χ1) is 14.8. The Kier molecular flexibility index (Phi) is 7.32. The summed E-state index contributed by atoms with van der Waals surface area (Å²) in [5.41, 5.74) is 10.0. The molecular weight excluding hydrogens is 408 g/mol. The van der Waals surface area contributed by atoms with Crippen molar-refractivity contribution in [1.29, 1.82) is 5.41 Å². The topological polar surface area (TPSA) is 82.2 Å². The average molecular weight is 435 g/mol. The molecule has 0 spiro atoms. The Balaban J connectivity index is 1.80. The molecule has 1 amide bonds. The SMILES string of the molecule is CC(C)c1ccc(NC(=O)CN(Cc2cccc(Cl)c2)c2cccc(C(=N)N)c2)cc1. The summed E-state index contributed by atoms with van der Waals surface area (Å²) in [4.78, 5) is 14.8. The van der Waals surface area contributed by atoms with Gasteiger partial charge < -0.3 is 16.0 Å². The van der Waals surface area contributed by atoms with Gasteiger partial charge in [-0.25, -0.2) is 0 Å². The molecule has 0 radical (unpaired) electrons. The van der Waals surface area contributed by atoms with Gasteiger partial charge in [0.25, 0.3) is 0 Å². The van der Waals surface area contributed by atoms with Crippen molar-refractivity contribution in [2.45, 2.75) is 26.3 Å². The lowest BCUT2D eigenvalue weighted by molar-refractivity contribution is -0.115. The standard InChI is InChI=1S/C25H27ClN4O/c1-17(2)19-9-11-22(12-10-19)29-24(31)16-30(15-18-5-3-7-21(26)13-18)23-8-4-6-20(14-23)25(27)28/h3-14,17H,15-16H2,1-2H3,(H3,27,28)(H,29,31). The van der Waals surface area contributed by atoms with E-state index in [-0.39, 0.29) is 18.3 Å². The largest absolute Gasteiger partial charge is 0.384 e. The highest BCUT2D eigenvalue weighted by atomic mass is 35.5. The quantitative estimate of drug-likeness (QED) is 0.328. The van der Waals surface area contributed by atoms with Gasteiger partial charge in [-0.2, -0.15) is 0 Å². The summed E-state index contributed by atoms with van der Waals surface area (Å²) in [5.74, 6) is 0.290. The number of amides is 1. The van der Waals surface area contributed by atoms with Crippen LogP contribution in [0.15, 0.2) is 72.8 Å². The number of carbonyl (C=O) groups is 1. The predicted octanol–water partition coefficient (Wildman–Crippen LogP) is 5.39. The fraction of sp³-hybridized carbons (Fsp3) is 0.200. The van der Waals surface area contributed by atoms with Gasteiger partial charge in [0, 0.05) is 28.5 Å². The predicted molar refractivity (Wildman–Crippen MR) is 129 cm³/mol. The molecule has 160 valence electrons. The first-order valence-electron chi connectivity index (χ1n) is 10.2. The molecule has 3 aromatic carbocycles. The number of nitrogens with zero attached hydrogens (tertiary/aromatic N) is 1. The smallest absolute Gasteiger partial charge is 0.243 e. The Morgan fingerprint density at radius 3 is 2.42 bits per heavy atom. The van der Waals surface area contributed by atoms with E-state index in [0.717, 1.165) is 16.9 Å². The van der Waals surface area contributed by atoms with Crippen molar-refractivity contribution < 1.29 is 4.79 Å². The van der Waals surface area contributed by atoms with E-state index < -0.39 is 0 Å². The number of benzene rings is 3. The second-order valence-corrected chi connectivity index (χ2v) is 8.21. The number of nitrogens with two attached hydrogens (primary N) is 1. The van der Waals surface area contributed by atoms with Crippen LogP contribution in [-0.4, -0.2) is 18.3 Å².